The molecule has 2 rings (SSSR count). The van der Waals surface area contributed by atoms with Crippen LogP contribution in [0.2, 0.25) is 0 Å². The van der Waals surface area contributed by atoms with Gasteiger partial charge in [0, 0.05) is 25.2 Å². The van der Waals surface area contributed by atoms with E-state index in [1.807, 2.05) is 7.05 Å². The number of allylic oxidation sites excluding steroid dienone is 1. The van der Waals surface area contributed by atoms with Crippen molar-refractivity contribution in [3.63, 3.8) is 0 Å². The lowest BCUT2D eigenvalue weighted by atomic mass is 10.0. The molecule has 0 amide bonds. The van der Waals surface area contributed by atoms with Crippen molar-refractivity contribution in [1.29, 1.82) is 0 Å². The Morgan fingerprint density at radius 3 is 3.13 bits per heavy atom. The number of fused-ring (bicyclic) bond motifs is 1. The molecule has 0 fully saturated rings. The van der Waals surface area contributed by atoms with E-state index in [0.717, 1.165) is 25.0 Å². The average Bonchev–Trinajstić information content (AvgIpc) is 2.60. The number of likely N-dealkylation sites (N-methyl/N-ethyl adjacent to an activating group) is 1. The lowest BCUT2D eigenvalue weighted by Gasteiger charge is -2.09. The van der Waals surface area contributed by atoms with E-state index < -0.39 is 0 Å². The molecule has 0 heterocycles. The predicted molar refractivity (Wildman–Crippen MR) is 63.6 cm³/mol. The molecule has 0 radical (unpaired) electrons. The molecule has 1 unspecified atom stereocenters. The fourth-order valence-corrected chi connectivity index (χ4v) is 2.13. The van der Waals surface area contributed by atoms with Crippen molar-refractivity contribution >= 4 is 0 Å². The van der Waals surface area contributed by atoms with Gasteiger partial charge in [0.05, 0.1) is 0 Å². The van der Waals surface area contributed by atoms with Gasteiger partial charge in [0.1, 0.15) is 0 Å². The SMILES string of the molecule is C=C(Cc1ccc2c(c1)C(N)CC2)NC. The van der Waals surface area contributed by atoms with Crippen LogP contribution in [0.1, 0.15) is 29.2 Å². The van der Waals surface area contributed by atoms with Crippen LogP contribution in [0.3, 0.4) is 0 Å². The molecule has 15 heavy (non-hydrogen) atoms. The van der Waals surface area contributed by atoms with Crippen LogP contribution >= 0.6 is 0 Å². The Morgan fingerprint density at radius 1 is 1.60 bits per heavy atom. The first-order chi connectivity index (χ1) is 7.20. The normalized spacial score (nSPS) is 18.7. The zero-order chi connectivity index (χ0) is 10.8. The fourth-order valence-electron chi connectivity index (χ4n) is 2.13. The summed E-state index contributed by atoms with van der Waals surface area (Å²) in [6.07, 6.45) is 3.10. The monoisotopic (exact) mass is 202 g/mol. The summed E-state index contributed by atoms with van der Waals surface area (Å²) in [5.41, 5.74) is 11.1. The lowest BCUT2D eigenvalue weighted by Crippen LogP contribution is -2.08. The fraction of sp³-hybridized carbons (Fsp3) is 0.385. The lowest BCUT2D eigenvalue weighted by molar-refractivity contribution is 0.713. The quantitative estimate of drug-likeness (QED) is 0.785. The van der Waals surface area contributed by atoms with Gasteiger partial charge in [-0.3, -0.25) is 0 Å². The van der Waals surface area contributed by atoms with Gasteiger partial charge in [0.25, 0.3) is 0 Å². The number of aryl methyl sites for hydroxylation is 1. The van der Waals surface area contributed by atoms with E-state index in [2.05, 4.69) is 30.1 Å². The standard InChI is InChI=1S/C13H18N2/c1-9(15-2)7-10-3-4-11-5-6-13(14)12(11)8-10/h3-4,8,13,15H,1,5-7,14H2,2H3. The molecule has 0 saturated carbocycles. The highest BCUT2D eigenvalue weighted by molar-refractivity contribution is 5.38. The predicted octanol–water partition coefficient (Wildman–Crippen LogP) is 1.91. The third-order valence-electron chi connectivity index (χ3n) is 3.11. The molecule has 1 atom stereocenters. The maximum Gasteiger partial charge on any atom is 0.0300 e. The maximum absolute atomic E-state index is 6.04. The third kappa shape index (κ3) is 2.05. The molecule has 0 saturated heterocycles. The van der Waals surface area contributed by atoms with Crippen LogP contribution in [-0.2, 0) is 12.8 Å². The molecule has 3 N–H and O–H groups in total. The molecule has 2 nitrogen and oxygen atoms in total. The minimum atomic E-state index is 0.239. The van der Waals surface area contributed by atoms with Gasteiger partial charge in [0.2, 0.25) is 0 Å². The summed E-state index contributed by atoms with van der Waals surface area (Å²) in [6.45, 7) is 3.94. The van der Waals surface area contributed by atoms with E-state index in [-0.39, 0.29) is 6.04 Å². The molecule has 0 spiro atoms. The molecular formula is C13H18N2. The van der Waals surface area contributed by atoms with E-state index in [1.165, 1.54) is 16.7 Å². The minimum absolute atomic E-state index is 0.239. The van der Waals surface area contributed by atoms with Crippen LogP contribution in [0.25, 0.3) is 0 Å². The van der Waals surface area contributed by atoms with Gasteiger partial charge in [-0.15, -0.1) is 0 Å². The molecular weight excluding hydrogens is 184 g/mol. The highest BCUT2D eigenvalue weighted by Crippen LogP contribution is 2.30. The van der Waals surface area contributed by atoms with E-state index in [9.17, 15) is 0 Å². The van der Waals surface area contributed by atoms with Crippen molar-refractivity contribution in [2.75, 3.05) is 7.05 Å². The summed E-state index contributed by atoms with van der Waals surface area (Å²) in [7, 11) is 1.90. The first-order valence-electron chi connectivity index (χ1n) is 5.43. The van der Waals surface area contributed by atoms with Gasteiger partial charge in [-0.2, -0.15) is 0 Å². The van der Waals surface area contributed by atoms with Crippen molar-refractivity contribution in [2.45, 2.75) is 25.3 Å². The first-order valence-corrected chi connectivity index (χ1v) is 5.43. The van der Waals surface area contributed by atoms with Crippen LogP contribution in [0.15, 0.2) is 30.5 Å². The molecule has 80 valence electrons. The molecule has 2 heteroatoms. The van der Waals surface area contributed by atoms with Crippen LogP contribution in [0, 0.1) is 0 Å². The number of nitrogens with two attached hydrogens (primary N) is 1. The molecule has 0 aliphatic heterocycles. The summed E-state index contributed by atoms with van der Waals surface area (Å²) in [5, 5.41) is 3.07. The molecule has 0 aromatic heterocycles. The second kappa shape index (κ2) is 4.07. The molecule has 0 bridgehead atoms. The van der Waals surface area contributed by atoms with Crippen LogP contribution in [0.5, 0.6) is 0 Å². The van der Waals surface area contributed by atoms with Crippen molar-refractivity contribution < 1.29 is 0 Å². The van der Waals surface area contributed by atoms with E-state index >= 15 is 0 Å². The highest BCUT2D eigenvalue weighted by atomic mass is 14.8. The van der Waals surface area contributed by atoms with Crippen molar-refractivity contribution in [1.82, 2.24) is 5.32 Å². The van der Waals surface area contributed by atoms with E-state index in [4.69, 9.17) is 5.73 Å². The molecule has 1 aromatic rings. The van der Waals surface area contributed by atoms with Gasteiger partial charge in [-0.25, -0.2) is 0 Å². The largest absolute Gasteiger partial charge is 0.392 e. The highest BCUT2D eigenvalue weighted by Gasteiger charge is 2.18. The summed E-state index contributed by atoms with van der Waals surface area (Å²) in [6, 6.07) is 6.86. The summed E-state index contributed by atoms with van der Waals surface area (Å²) >= 11 is 0. The first kappa shape index (κ1) is 10.2. The Morgan fingerprint density at radius 2 is 2.40 bits per heavy atom. The summed E-state index contributed by atoms with van der Waals surface area (Å²) in [5.74, 6) is 0. The van der Waals surface area contributed by atoms with Gasteiger partial charge >= 0.3 is 0 Å². The van der Waals surface area contributed by atoms with Gasteiger partial charge in [-0.1, -0.05) is 24.8 Å². The Bertz CT molecular complexity index is 382. The summed E-state index contributed by atoms with van der Waals surface area (Å²) < 4.78 is 0. The molecule has 1 aliphatic rings. The number of rotatable bonds is 3. The Hall–Kier alpha value is -1.28. The van der Waals surface area contributed by atoms with Crippen molar-refractivity contribution in [3.8, 4) is 0 Å². The van der Waals surface area contributed by atoms with Gasteiger partial charge < -0.3 is 11.1 Å². The molecule has 1 aromatic carbocycles. The number of hydrogen-bond acceptors (Lipinski definition) is 2. The van der Waals surface area contributed by atoms with Crippen molar-refractivity contribution in [3.05, 3.63) is 47.2 Å². The number of benzene rings is 1. The second-order valence-corrected chi connectivity index (χ2v) is 4.21. The van der Waals surface area contributed by atoms with Crippen LogP contribution in [-0.4, -0.2) is 7.05 Å². The zero-order valence-electron chi connectivity index (χ0n) is 9.22. The molecule has 1 aliphatic carbocycles. The Balaban J connectivity index is 2.21. The van der Waals surface area contributed by atoms with Crippen LogP contribution < -0.4 is 11.1 Å². The smallest absolute Gasteiger partial charge is 0.0300 e. The van der Waals surface area contributed by atoms with E-state index in [0.29, 0.717) is 0 Å². The number of hydrogen-bond donors (Lipinski definition) is 2. The Kier molecular flexibility index (Phi) is 2.78. The van der Waals surface area contributed by atoms with Crippen molar-refractivity contribution in [2.24, 2.45) is 5.73 Å². The zero-order valence-corrected chi connectivity index (χ0v) is 9.22. The van der Waals surface area contributed by atoms with Gasteiger partial charge in [0.15, 0.2) is 0 Å². The second-order valence-electron chi connectivity index (χ2n) is 4.21. The van der Waals surface area contributed by atoms with Crippen LogP contribution in [0.4, 0.5) is 0 Å². The Labute approximate surface area is 91.2 Å². The van der Waals surface area contributed by atoms with Gasteiger partial charge in [-0.05, 0) is 29.5 Å². The topological polar surface area (TPSA) is 38.0 Å². The maximum atomic E-state index is 6.04. The van der Waals surface area contributed by atoms with E-state index in [1.54, 1.807) is 0 Å². The third-order valence-corrected chi connectivity index (χ3v) is 3.11. The number of nitrogens with one attached hydrogen (secondary N) is 1. The average molecular weight is 202 g/mol. The minimum Gasteiger partial charge on any atom is -0.392 e. The summed E-state index contributed by atoms with van der Waals surface area (Å²) in [4.78, 5) is 0.